The number of hydrogen-bond donors (Lipinski definition) is 1. The number of fused-ring (bicyclic) bond motifs is 2. The number of likely N-dealkylation sites (tertiary alicyclic amines) is 1. The van der Waals surface area contributed by atoms with Crippen molar-refractivity contribution in [1.29, 1.82) is 0 Å². The zero-order valence-electron chi connectivity index (χ0n) is 10.8. The van der Waals surface area contributed by atoms with Crippen LogP contribution in [0.3, 0.4) is 0 Å². The van der Waals surface area contributed by atoms with Crippen LogP contribution in [0.4, 0.5) is 0 Å². The molecule has 2 aliphatic carbocycles. The van der Waals surface area contributed by atoms with Crippen LogP contribution in [0.1, 0.15) is 39.5 Å². The van der Waals surface area contributed by atoms with Crippen LogP contribution in [0.25, 0.3) is 0 Å². The molecule has 0 aromatic rings. The van der Waals surface area contributed by atoms with E-state index in [1.807, 2.05) is 0 Å². The molecule has 2 heteroatoms. The van der Waals surface area contributed by atoms with E-state index in [0.717, 1.165) is 17.8 Å². The second-order valence-electron chi connectivity index (χ2n) is 7.22. The van der Waals surface area contributed by atoms with E-state index < -0.39 is 0 Å². The maximum atomic E-state index is 6.38. The molecule has 0 spiro atoms. The van der Waals surface area contributed by atoms with E-state index in [2.05, 4.69) is 18.7 Å². The van der Waals surface area contributed by atoms with E-state index in [0.29, 0.717) is 11.5 Å². The highest BCUT2D eigenvalue weighted by Gasteiger charge is 2.46. The molecule has 16 heavy (non-hydrogen) atoms. The van der Waals surface area contributed by atoms with E-state index >= 15 is 0 Å². The van der Waals surface area contributed by atoms with Crippen LogP contribution in [-0.2, 0) is 0 Å². The molecule has 3 fully saturated rings. The van der Waals surface area contributed by atoms with Crippen LogP contribution in [0.2, 0.25) is 0 Å². The van der Waals surface area contributed by atoms with Gasteiger partial charge in [-0.15, -0.1) is 0 Å². The van der Waals surface area contributed by atoms with Crippen LogP contribution < -0.4 is 5.73 Å². The van der Waals surface area contributed by atoms with Crippen molar-refractivity contribution in [2.75, 3.05) is 19.6 Å². The molecule has 1 saturated heterocycles. The maximum Gasteiger partial charge on any atom is 0.0111 e. The van der Waals surface area contributed by atoms with Crippen LogP contribution in [-0.4, -0.2) is 30.6 Å². The van der Waals surface area contributed by atoms with Gasteiger partial charge in [0.25, 0.3) is 0 Å². The van der Waals surface area contributed by atoms with Gasteiger partial charge in [-0.25, -0.2) is 0 Å². The normalized spacial score (nSPS) is 46.7. The Kier molecular flexibility index (Phi) is 2.56. The molecule has 0 aromatic heterocycles. The van der Waals surface area contributed by atoms with E-state index in [-0.39, 0.29) is 0 Å². The van der Waals surface area contributed by atoms with Gasteiger partial charge in [0, 0.05) is 19.1 Å². The Labute approximate surface area is 99.6 Å². The lowest BCUT2D eigenvalue weighted by Gasteiger charge is -2.32. The quantitative estimate of drug-likeness (QED) is 0.775. The summed E-state index contributed by atoms with van der Waals surface area (Å²) in [5, 5.41) is 0. The molecule has 0 radical (unpaired) electrons. The molecule has 2 bridgehead atoms. The van der Waals surface area contributed by atoms with Crippen LogP contribution >= 0.6 is 0 Å². The average Bonchev–Trinajstić information content (AvgIpc) is 2.85. The van der Waals surface area contributed by atoms with Crippen molar-refractivity contribution in [2.45, 2.75) is 45.6 Å². The zero-order chi connectivity index (χ0) is 11.3. The fourth-order valence-corrected chi connectivity index (χ4v) is 4.40. The Hall–Kier alpha value is -0.0800. The van der Waals surface area contributed by atoms with E-state index in [1.165, 1.54) is 45.3 Å². The van der Waals surface area contributed by atoms with Crippen molar-refractivity contribution < 1.29 is 0 Å². The van der Waals surface area contributed by atoms with Gasteiger partial charge in [0.15, 0.2) is 0 Å². The highest BCUT2D eigenvalue weighted by molar-refractivity contribution is 5.00. The summed E-state index contributed by atoms with van der Waals surface area (Å²) in [7, 11) is 0. The Balaban J connectivity index is 1.60. The van der Waals surface area contributed by atoms with Crippen molar-refractivity contribution in [1.82, 2.24) is 4.90 Å². The summed E-state index contributed by atoms with van der Waals surface area (Å²) in [5.41, 5.74) is 6.93. The Morgan fingerprint density at radius 1 is 1.25 bits per heavy atom. The van der Waals surface area contributed by atoms with Crippen molar-refractivity contribution in [3.8, 4) is 0 Å². The lowest BCUT2D eigenvalue weighted by atomic mass is 9.84. The second-order valence-corrected chi connectivity index (χ2v) is 7.22. The number of hydrogen-bond acceptors (Lipinski definition) is 2. The highest BCUT2D eigenvalue weighted by atomic mass is 15.2. The third kappa shape index (κ3) is 1.80. The first-order valence-electron chi connectivity index (χ1n) is 7.03. The highest BCUT2D eigenvalue weighted by Crippen LogP contribution is 2.48. The molecule has 0 aromatic carbocycles. The maximum absolute atomic E-state index is 6.38. The Morgan fingerprint density at radius 3 is 2.56 bits per heavy atom. The van der Waals surface area contributed by atoms with E-state index in [4.69, 9.17) is 5.73 Å². The van der Waals surface area contributed by atoms with Gasteiger partial charge in [-0.2, -0.15) is 0 Å². The molecule has 3 aliphatic rings. The van der Waals surface area contributed by atoms with Crippen LogP contribution in [0.5, 0.6) is 0 Å². The summed E-state index contributed by atoms with van der Waals surface area (Å²) in [6.45, 7) is 8.66. The molecule has 1 heterocycles. The fourth-order valence-electron chi connectivity index (χ4n) is 4.40. The first kappa shape index (κ1) is 11.0. The summed E-state index contributed by atoms with van der Waals surface area (Å²) in [6.07, 6.45) is 5.67. The molecule has 4 atom stereocenters. The number of nitrogens with zero attached hydrogens (tertiary/aromatic N) is 1. The fraction of sp³-hybridized carbons (Fsp3) is 1.00. The summed E-state index contributed by atoms with van der Waals surface area (Å²) < 4.78 is 0. The predicted octanol–water partition coefficient (Wildman–Crippen LogP) is 2.09. The molecular weight excluding hydrogens is 196 g/mol. The van der Waals surface area contributed by atoms with Gasteiger partial charge >= 0.3 is 0 Å². The molecule has 2 N–H and O–H groups in total. The lowest BCUT2D eigenvalue weighted by Crippen LogP contribution is -2.42. The molecule has 1 aliphatic heterocycles. The van der Waals surface area contributed by atoms with Crippen molar-refractivity contribution >= 4 is 0 Å². The third-order valence-electron chi connectivity index (χ3n) is 5.38. The SMILES string of the molecule is CC1(C)CCN(CC2C3CCC(C3)C2N)C1. The van der Waals surface area contributed by atoms with Gasteiger partial charge in [0.05, 0.1) is 0 Å². The molecule has 2 nitrogen and oxygen atoms in total. The Bertz CT molecular complexity index is 272. The average molecular weight is 222 g/mol. The van der Waals surface area contributed by atoms with Gasteiger partial charge in [-0.3, -0.25) is 0 Å². The van der Waals surface area contributed by atoms with Crippen LogP contribution in [0.15, 0.2) is 0 Å². The van der Waals surface area contributed by atoms with Crippen molar-refractivity contribution in [3.63, 3.8) is 0 Å². The molecule has 4 unspecified atom stereocenters. The summed E-state index contributed by atoms with van der Waals surface area (Å²) in [5.74, 6) is 2.64. The molecule has 3 rings (SSSR count). The number of nitrogens with two attached hydrogens (primary N) is 1. The second kappa shape index (κ2) is 3.71. The Morgan fingerprint density at radius 2 is 2.00 bits per heavy atom. The van der Waals surface area contributed by atoms with Gasteiger partial charge in [0.1, 0.15) is 0 Å². The minimum atomic E-state index is 0.516. The minimum Gasteiger partial charge on any atom is -0.327 e. The topological polar surface area (TPSA) is 29.3 Å². The first-order chi connectivity index (χ1) is 7.55. The molecular formula is C14H26N2. The van der Waals surface area contributed by atoms with E-state index in [9.17, 15) is 0 Å². The largest absolute Gasteiger partial charge is 0.327 e. The smallest absolute Gasteiger partial charge is 0.0111 e. The molecule has 2 saturated carbocycles. The van der Waals surface area contributed by atoms with Crippen molar-refractivity contribution in [3.05, 3.63) is 0 Å². The molecule has 0 amide bonds. The van der Waals surface area contributed by atoms with E-state index in [1.54, 1.807) is 0 Å². The minimum absolute atomic E-state index is 0.516. The zero-order valence-corrected chi connectivity index (χ0v) is 10.8. The van der Waals surface area contributed by atoms with Gasteiger partial charge in [0.2, 0.25) is 0 Å². The van der Waals surface area contributed by atoms with Gasteiger partial charge in [-0.1, -0.05) is 13.8 Å². The summed E-state index contributed by atoms with van der Waals surface area (Å²) >= 11 is 0. The van der Waals surface area contributed by atoms with Gasteiger partial charge in [-0.05, 0) is 55.4 Å². The lowest BCUT2D eigenvalue weighted by molar-refractivity contribution is 0.187. The summed E-state index contributed by atoms with van der Waals surface area (Å²) in [6, 6.07) is 0.516. The predicted molar refractivity (Wildman–Crippen MR) is 67.1 cm³/mol. The van der Waals surface area contributed by atoms with Crippen molar-refractivity contribution in [2.24, 2.45) is 28.9 Å². The summed E-state index contributed by atoms with van der Waals surface area (Å²) in [4.78, 5) is 2.67. The van der Waals surface area contributed by atoms with Crippen LogP contribution in [0, 0.1) is 23.2 Å². The third-order valence-corrected chi connectivity index (χ3v) is 5.38. The standard InChI is InChI=1S/C14H26N2/c1-14(2)5-6-16(9-14)8-12-10-3-4-11(7-10)13(12)15/h10-13H,3-9,15H2,1-2H3. The van der Waals surface area contributed by atoms with Gasteiger partial charge < -0.3 is 10.6 Å². The molecule has 92 valence electrons. The monoisotopic (exact) mass is 222 g/mol. The first-order valence-corrected chi connectivity index (χ1v) is 7.03. The number of rotatable bonds is 2.